The zero-order chi connectivity index (χ0) is 7.15. The number of nitrogens with zero attached hydrogens (tertiary/aromatic N) is 1. The molecule has 2 N–H and O–H groups in total. The minimum absolute atomic E-state index is 0. The van der Waals surface area contributed by atoms with Gasteiger partial charge in [-0.1, -0.05) is 0 Å². The van der Waals surface area contributed by atoms with Crippen LogP contribution >= 0.6 is 0 Å². The monoisotopic (exact) mass is 163 g/mol. The number of rotatable bonds is 0. The Morgan fingerprint density at radius 1 is 1.33 bits per heavy atom. The Hall–Kier alpha value is 0.106. The molecule has 0 unspecified atom stereocenters. The second-order valence-electron chi connectivity index (χ2n) is 0.506. The van der Waals surface area contributed by atoms with E-state index in [0.717, 1.165) is 0 Å². The summed E-state index contributed by atoms with van der Waals surface area (Å²) >= 11 is 0. The van der Waals surface area contributed by atoms with Crippen LogP contribution < -0.4 is 51.4 Å². The maximum Gasteiger partial charge on any atom is 1.00 e. The van der Waals surface area contributed by atoms with Crippen molar-refractivity contribution in [3.63, 3.8) is 0 Å². The Kier molecular flexibility index (Phi) is 19.6. The van der Waals surface area contributed by atoms with Crippen LogP contribution in [-0.4, -0.2) is 21.5 Å². The SMILES string of the molecule is O=C(O)O.O=[N+]([O-])[O-].[K+]. The van der Waals surface area contributed by atoms with Crippen LogP contribution in [0.1, 0.15) is 0 Å². The van der Waals surface area contributed by atoms with E-state index < -0.39 is 11.2 Å². The van der Waals surface area contributed by atoms with Crippen molar-refractivity contribution in [1.82, 2.24) is 0 Å². The van der Waals surface area contributed by atoms with E-state index in [9.17, 15) is 0 Å². The second kappa shape index (κ2) is 11.0. The van der Waals surface area contributed by atoms with Crippen LogP contribution in [0, 0.1) is 15.3 Å². The third kappa shape index (κ3) is 26700. The van der Waals surface area contributed by atoms with Crippen molar-refractivity contribution in [1.29, 1.82) is 0 Å². The van der Waals surface area contributed by atoms with Crippen LogP contribution in [0.5, 0.6) is 0 Å². The molecule has 0 spiro atoms. The Morgan fingerprint density at radius 2 is 1.33 bits per heavy atom. The molecule has 7 nitrogen and oxygen atoms in total. The zero-order valence-corrected chi connectivity index (χ0v) is 7.60. The van der Waals surface area contributed by atoms with Gasteiger partial charge in [-0.3, -0.25) is 0 Å². The van der Waals surface area contributed by atoms with Crippen molar-refractivity contribution < 1.29 is 71.5 Å². The molecule has 0 amide bonds. The van der Waals surface area contributed by atoms with Crippen molar-refractivity contribution >= 4 is 6.16 Å². The Bertz CT molecular complexity index is 71.1. The number of carbonyl (C=O) groups is 1. The fourth-order valence-electron chi connectivity index (χ4n) is 0. The summed E-state index contributed by atoms with van der Waals surface area (Å²) in [6, 6.07) is 0. The van der Waals surface area contributed by atoms with E-state index in [-0.39, 0.29) is 51.4 Å². The number of hydrogen-bond acceptors (Lipinski definition) is 4. The average molecular weight is 163 g/mol. The van der Waals surface area contributed by atoms with Gasteiger partial charge in [-0.05, 0) is 0 Å². The van der Waals surface area contributed by atoms with Gasteiger partial charge in [0.25, 0.3) is 0 Å². The average Bonchev–Trinajstić information content (AvgIpc) is 1.25. The minimum Gasteiger partial charge on any atom is -0.450 e. The summed E-state index contributed by atoms with van der Waals surface area (Å²) in [7, 11) is 0. The van der Waals surface area contributed by atoms with Gasteiger partial charge in [0.15, 0.2) is 0 Å². The first kappa shape index (κ1) is 16.0. The normalized spacial score (nSPS) is 5.33. The molecule has 0 aliphatic rings. The number of hydrogen-bond donors (Lipinski definition) is 2. The van der Waals surface area contributed by atoms with Gasteiger partial charge in [-0.25, -0.2) is 4.79 Å². The van der Waals surface area contributed by atoms with Gasteiger partial charge in [0.1, 0.15) is 0 Å². The molecule has 0 radical (unpaired) electrons. The fourth-order valence-corrected chi connectivity index (χ4v) is 0. The van der Waals surface area contributed by atoms with E-state index in [1.807, 2.05) is 0 Å². The van der Waals surface area contributed by atoms with Crippen LogP contribution in [-0.2, 0) is 0 Å². The molecule has 0 saturated heterocycles. The van der Waals surface area contributed by atoms with Gasteiger partial charge < -0.3 is 25.5 Å². The van der Waals surface area contributed by atoms with Gasteiger partial charge >= 0.3 is 57.5 Å². The molecule has 48 valence electrons. The second-order valence-corrected chi connectivity index (χ2v) is 0.506. The number of carboxylic acid groups (broad SMARTS) is 2. The smallest absolute Gasteiger partial charge is 0.450 e. The molecule has 0 saturated carbocycles. The molecule has 0 fully saturated rings. The van der Waals surface area contributed by atoms with Crippen LogP contribution in [0.2, 0.25) is 0 Å². The molecule has 0 aromatic heterocycles. The van der Waals surface area contributed by atoms with Crippen LogP contribution in [0.3, 0.4) is 0 Å². The minimum atomic E-state index is -1.83. The predicted molar refractivity (Wildman–Crippen MR) is 21.0 cm³/mol. The summed E-state index contributed by atoms with van der Waals surface area (Å²) in [5.74, 6) is 0. The van der Waals surface area contributed by atoms with Gasteiger partial charge in [0, 0.05) is 0 Å². The van der Waals surface area contributed by atoms with E-state index in [1.54, 1.807) is 0 Å². The summed E-state index contributed by atoms with van der Waals surface area (Å²) in [6.07, 6.45) is -1.83. The van der Waals surface area contributed by atoms with E-state index in [4.69, 9.17) is 30.3 Å². The van der Waals surface area contributed by atoms with Crippen molar-refractivity contribution in [2.75, 3.05) is 0 Å². The summed E-state index contributed by atoms with van der Waals surface area (Å²) in [6.45, 7) is 0. The summed E-state index contributed by atoms with van der Waals surface area (Å²) in [5.41, 5.74) is 0. The first-order chi connectivity index (χ1) is 3.46. The van der Waals surface area contributed by atoms with Crippen molar-refractivity contribution in [3.8, 4) is 0 Å². The predicted octanol–water partition coefficient (Wildman–Crippen LogP) is -3.01. The molecule has 0 rings (SSSR count). The fraction of sp³-hybridized carbons (Fsp3) is 0. The van der Waals surface area contributed by atoms with Gasteiger partial charge in [0.05, 0.1) is 5.09 Å². The van der Waals surface area contributed by atoms with Crippen LogP contribution in [0.4, 0.5) is 4.79 Å². The summed E-state index contributed by atoms with van der Waals surface area (Å²) in [5, 5.41) is 28.7. The molecule has 9 heavy (non-hydrogen) atoms. The largest absolute Gasteiger partial charge is 1.00 e. The third-order valence-corrected chi connectivity index (χ3v) is 0. The molecule has 0 bridgehead atoms. The summed E-state index contributed by atoms with van der Waals surface area (Å²) < 4.78 is 0. The molecule has 0 aliphatic carbocycles. The maximum atomic E-state index is 8.56. The molecular weight excluding hydrogens is 161 g/mol. The Morgan fingerprint density at radius 3 is 1.33 bits per heavy atom. The van der Waals surface area contributed by atoms with E-state index in [2.05, 4.69) is 0 Å². The third-order valence-electron chi connectivity index (χ3n) is 0. The van der Waals surface area contributed by atoms with E-state index in [0.29, 0.717) is 0 Å². The molecule has 0 aromatic rings. The standard InChI is InChI=1S/CH2O3.K.NO3/c2-1(3)4;;2-1(3)4/h(H2,2,3,4);;/q;+1;-1. The molecular formula is CH2KNO6. The molecule has 0 heterocycles. The Balaban J connectivity index is -0.0000000720. The quantitative estimate of drug-likeness (QED) is 0.222. The molecule has 0 aliphatic heterocycles. The molecule has 0 atom stereocenters. The van der Waals surface area contributed by atoms with E-state index >= 15 is 0 Å². The first-order valence-corrected chi connectivity index (χ1v) is 1.20. The summed E-state index contributed by atoms with van der Waals surface area (Å²) in [4.78, 5) is 16.8. The van der Waals surface area contributed by atoms with Gasteiger partial charge in [-0.2, -0.15) is 0 Å². The molecule has 0 aromatic carbocycles. The van der Waals surface area contributed by atoms with Crippen molar-refractivity contribution in [2.24, 2.45) is 0 Å². The van der Waals surface area contributed by atoms with Gasteiger partial charge in [0.2, 0.25) is 0 Å². The first-order valence-electron chi connectivity index (χ1n) is 1.20. The van der Waals surface area contributed by atoms with Crippen molar-refractivity contribution in [3.05, 3.63) is 15.3 Å². The van der Waals surface area contributed by atoms with Gasteiger partial charge in [-0.15, -0.1) is 0 Å². The Labute approximate surface area is 91.8 Å². The zero-order valence-electron chi connectivity index (χ0n) is 4.47. The van der Waals surface area contributed by atoms with Crippen molar-refractivity contribution in [2.45, 2.75) is 0 Å². The maximum absolute atomic E-state index is 8.56. The van der Waals surface area contributed by atoms with Crippen LogP contribution in [0.15, 0.2) is 0 Å². The van der Waals surface area contributed by atoms with Crippen LogP contribution in [0.25, 0.3) is 0 Å². The topological polar surface area (TPSA) is 124 Å². The molecule has 8 heteroatoms. The van der Waals surface area contributed by atoms with E-state index in [1.165, 1.54) is 0 Å².